The molecular formula is C8H4ClNO2. The Bertz CT molecular complexity index is 368. The molecule has 0 aliphatic rings. The Balaban J connectivity index is 3.25. The number of benzene rings is 1. The van der Waals surface area contributed by atoms with Crippen LogP contribution in [-0.4, -0.2) is 11.1 Å². The molecule has 1 N–H and O–H groups in total. The molecule has 4 heteroatoms. The van der Waals surface area contributed by atoms with E-state index >= 15 is 0 Å². The molecular weight excluding hydrogens is 178 g/mol. The molecule has 0 aromatic heterocycles. The normalized spacial score (nSPS) is 9.00. The monoisotopic (exact) mass is 181 g/mol. The van der Waals surface area contributed by atoms with Gasteiger partial charge in [-0.1, -0.05) is 17.7 Å². The van der Waals surface area contributed by atoms with Gasteiger partial charge in [-0.25, -0.2) is 9.64 Å². The van der Waals surface area contributed by atoms with Crippen molar-refractivity contribution in [2.45, 2.75) is 0 Å². The maximum atomic E-state index is 10.4. The molecule has 0 fully saturated rings. The first-order valence-electron chi connectivity index (χ1n) is 3.05. The molecule has 0 amide bonds. The lowest BCUT2D eigenvalue weighted by Crippen LogP contribution is -1.94. The van der Waals surface area contributed by atoms with Gasteiger partial charge in [-0.05, 0) is 12.1 Å². The minimum Gasteiger partial charge on any atom is -0.478 e. The van der Waals surface area contributed by atoms with Crippen LogP contribution in [0.15, 0.2) is 18.2 Å². The zero-order chi connectivity index (χ0) is 9.14. The summed E-state index contributed by atoms with van der Waals surface area (Å²) in [6.45, 7) is 6.67. The molecule has 60 valence electrons. The SMILES string of the molecule is [C-]#[N+]c1cc(C(=O)O)ccc1Cl. The van der Waals surface area contributed by atoms with Gasteiger partial charge in [-0.15, -0.1) is 0 Å². The quantitative estimate of drug-likeness (QED) is 0.677. The minimum absolute atomic E-state index is 0.0744. The Morgan fingerprint density at radius 2 is 2.25 bits per heavy atom. The van der Waals surface area contributed by atoms with Crippen molar-refractivity contribution >= 4 is 23.3 Å². The molecule has 0 aliphatic heterocycles. The van der Waals surface area contributed by atoms with Gasteiger partial charge in [-0.3, -0.25) is 0 Å². The molecule has 1 aromatic rings. The summed E-state index contributed by atoms with van der Waals surface area (Å²) < 4.78 is 0. The van der Waals surface area contributed by atoms with E-state index in [9.17, 15) is 4.79 Å². The zero-order valence-electron chi connectivity index (χ0n) is 5.91. The molecule has 0 aliphatic carbocycles. The molecule has 0 atom stereocenters. The maximum Gasteiger partial charge on any atom is 0.334 e. The van der Waals surface area contributed by atoms with Gasteiger partial charge < -0.3 is 5.11 Å². The van der Waals surface area contributed by atoms with E-state index in [1.54, 1.807) is 0 Å². The fourth-order valence-corrected chi connectivity index (χ4v) is 0.891. The summed E-state index contributed by atoms with van der Waals surface area (Å²) >= 11 is 5.59. The number of nitrogens with zero attached hydrogens (tertiary/aromatic N) is 1. The molecule has 0 unspecified atom stereocenters. The predicted molar refractivity (Wildman–Crippen MR) is 44.7 cm³/mol. The summed E-state index contributed by atoms with van der Waals surface area (Å²) in [5.74, 6) is -1.06. The summed E-state index contributed by atoms with van der Waals surface area (Å²) in [6, 6.07) is 4.01. The largest absolute Gasteiger partial charge is 0.478 e. The number of rotatable bonds is 1. The number of hydrogen-bond donors (Lipinski definition) is 1. The van der Waals surface area contributed by atoms with E-state index < -0.39 is 5.97 Å². The van der Waals surface area contributed by atoms with Gasteiger partial charge in [0.05, 0.1) is 6.57 Å². The summed E-state index contributed by atoms with van der Waals surface area (Å²) in [7, 11) is 0. The van der Waals surface area contributed by atoms with Crippen molar-refractivity contribution in [2.24, 2.45) is 0 Å². The molecule has 12 heavy (non-hydrogen) atoms. The predicted octanol–water partition coefficient (Wildman–Crippen LogP) is 2.59. The van der Waals surface area contributed by atoms with Crippen LogP contribution in [0.25, 0.3) is 4.85 Å². The third kappa shape index (κ3) is 1.55. The fourth-order valence-electron chi connectivity index (χ4n) is 0.731. The van der Waals surface area contributed by atoms with E-state index in [4.69, 9.17) is 23.3 Å². The van der Waals surface area contributed by atoms with E-state index in [1.165, 1.54) is 18.2 Å². The van der Waals surface area contributed by atoms with Crippen molar-refractivity contribution in [3.05, 3.63) is 40.2 Å². The van der Waals surface area contributed by atoms with Gasteiger partial charge in [0, 0.05) is 10.6 Å². The molecule has 0 spiro atoms. The van der Waals surface area contributed by atoms with E-state index in [1.807, 2.05) is 0 Å². The highest BCUT2D eigenvalue weighted by Crippen LogP contribution is 2.25. The van der Waals surface area contributed by atoms with Gasteiger partial charge in [0.15, 0.2) is 0 Å². The number of carboxylic acid groups (broad SMARTS) is 1. The Morgan fingerprint density at radius 3 is 2.75 bits per heavy atom. The highest BCUT2D eigenvalue weighted by Gasteiger charge is 2.05. The average Bonchev–Trinajstić information content (AvgIpc) is 2.05. The van der Waals surface area contributed by atoms with Crippen molar-refractivity contribution in [1.82, 2.24) is 0 Å². The Hall–Kier alpha value is -1.53. The smallest absolute Gasteiger partial charge is 0.334 e. The number of hydrogen-bond acceptors (Lipinski definition) is 1. The molecule has 0 saturated heterocycles. The Morgan fingerprint density at radius 1 is 1.58 bits per heavy atom. The van der Waals surface area contributed by atoms with Crippen molar-refractivity contribution in [3.63, 3.8) is 0 Å². The number of carboxylic acids is 1. The van der Waals surface area contributed by atoms with Crippen LogP contribution >= 0.6 is 11.6 Å². The van der Waals surface area contributed by atoms with Gasteiger partial charge in [-0.2, -0.15) is 0 Å². The second-order valence-corrected chi connectivity index (χ2v) is 2.49. The molecule has 3 nitrogen and oxygen atoms in total. The van der Waals surface area contributed by atoms with Gasteiger partial charge >= 0.3 is 5.97 Å². The van der Waals surface area contributed by atoms with Crippen LogP contribution in [0, 0.1) is 6.57 Å². The van der Waals surface area contributed by atoms with Gasteiger partial charge in [0.25, 0.3) is 0 Å². The molecule has 0 heterocycles. The molecule has 0 saturated carbocycles. The van der Waals surface area contributed by atoms with Crippen LogP contribution in [-0.2, 0) is 0 Å². The molecule has 0 radical (unpaired) electrons. The van der Waals surface area contributed by atoms with Crippen molar-refractivity contribution in [3.8, 4) is 0 Å². The summed E-state index contributed by atoms with van der Waals surface area (Å²) in [5.41, 5.74) is 0.238. The van der Waals surface area contributed by atoms with Crippen LogP contribution in [0.1, 0.15) is 10.4 Å². The highest BCUT2D eigenvalue weighted by molar-refractivity contribution is 6.33. The van der Waals surface area contributed by atoms with E-state index in [-0.39, 0.29) is 16.3 Å². The summed E-state index contributed by atoms with van der Waals surface area (Å²) in [6.07, 6.45) is 0. The van der Waals surface area contributed by atoms with E-state index in [0.29, 0.717) is 0 Å². The van der Waals surface area contributed by atoms with Crippen LogP contribution in [0.3, 0.4) is 0 Å². The first-order valence-corrected chi connectivity index (χ1v) is 3.43. The molecule has 1 rings (SSSR count). The lowest BCUT2D eigenvalue weighted by Gasteiger charge is -1.96. The number of aromatic carboxylic acids is 1. The first-order chi connectivity index (χ1) is 5.65. The van der Waals surface area contributed by atoms with E-state index in [2.05, 4.69) is 4.85 Å². The van der Waals surface area contributed by atoms with Crippen LogP contribution in [0.2, 0.25) is 5.02 Å². The zero-order valence-corrected chi connectivity index (χ0v) is 6.67. The third-order valence-corrected chi connectivity index (χ3v) is 1.63. The van der Waals surface area contributed by atoms with Crippen LogP contribution in [0.5, 0.6) is 0 Å². The molecule has 1 aromatic carbocycles. The maximum absolute atomic E-state index is 10.4. The summed E-state index contributed by atoms with van der Waals surface area (Å²) in [5, 5.41) is 8.82. The Labute approximate surface area is 74.0 Å². The second kappa shape index (κ2) is 3.24. The lowest BCUT2D eigenvalue weighted by atomic mass is 10.2. The topological polar surface area (TPSA) is 41.7 Å². The van der Waals surface area contributed by atoms with Crippen LogP contribution < -0.4 is 0 Å². The van der Waals surface area contributed by atoms with E-state index in [0.717, 1.165) is 0 Å². The minimum atomic E-state index is -1.06. The lowest BCUT2D eigenvalue weighted by molar-refractivity contribution is 0.0697. The number of carbonyl (C=O) groups is 1. The van der Waals surface area contributed by atoms with Gasteiger partial charge in [0.2, 0.25) is 5.69 Å². The average molecular weight is 182 g/mol. The van der Waals surface area contributed by atoms with Crippen molar-refractivity contribution in [2.75, 3.05) is 0 Å². The highest BCUT2D eigenvalue weighted by atomic mass is 35.5. The summed E-state index contributed by atoms with van der Waals surface area (Å²) in [4.78, 5) is 13.5. The number of halogens is 1. The molecule has 0 bridgehead atoms. The van der Waals surface area contributed by atoms with Crippen molar-refractivity contribution in [1.29, 1.82) is 0 Å². The van der Waals surface area contributed by atoms with Crippen LogP contribution in [0.4, 0.5) is 5.69 Å². The second-order valence-electron chi connectivity index (χ2n) is 2.08. The Kier molecular flexibility index (Phi) is 2.32. The standard InChI is InChI=1S/C8H4ClNO2/c1-10-7-4-5(8(11)12)2-3-6(7)9/h2-4H,(H,11,12). The first kappa shape index (κ1) is 8.57. The van der Waals surface area contributed by atoms with Gasteiger partial charge in [0.1, 0.15) is 0 Å². The van der Waals surface area contributed by atoms with Crippen molar-refractivity contribution < 1.29 is 9.90 Å². The third-order valence-electron chi connectivity index (χ3n) is 1.31. The fraction of sp³-hybridized carbons (Fsp3) is 0.